The van der Waals surface area contributed by atoms with Gasteiger partial charge in [0.25, 0.3) is 0 Å². The predicted molar refractivity (Wildman–Crippen MR) is 115 cm³/mol. The summed E-state index contributed by atoms with van der Waals surface area (Å²) in [5.74, 6) is 0.846. The Balaban J connectivity index is 1.48. The SMILES string of the molecule is COc1ccc(C2(C(=O)NCCc3c[nH]c4ccc(Cl)cc34)CCOCC2)cc1. The van der Waals surface area contributed by atoms with Gasteiger partial charge in [0.2, 0.25) is 5.91 Å². The molecule has 0 saturated carbocycles. The van der Waals surface area contributed by atoms with E-state index in [1.165, 1.54) is 0 Å². The van der Waals surface area contributed by atoms with Crippen molar-refractivity contribution in [3.8, 4) is 5.75 Å². The lowest BCUT2D eigenvalue weighted by atomic mass is 9.73. The number of ether oxygens (including phenoxy) is 2. The van der Waals surface area contributed by atoms with Crippen molar-refractivity contribution in [3.63, 3.8) is 0 Å². The minimum atomic E-state index is -0.561. The lowest BCUT2D eigenvalue weighted by Crippen LogP contribution is -2.48. The topological polar surface area (TPSA) is 63.3 Å². The van der Waals surface area contributed by atoms with Crippen LogP contribution in [0.5, 0.6) is 5.75 Å². The third kappa shape index (κ3) is 3.98. The van der Waals surface area contributed by atoms with Crippen LogP contribution in [0.15, 0.2) is 48.7 Å². The highest BCUT2D eigenvalue weighted by molar-refractivity contribution is 6.31. The zero-order chi connectivity index (χ0) is 20.3. The number of H-pyrrole nitrogens is 1. The molecule has 2 aromatic carbocycles. The fourth-order valence-electron chi connectivity index (χ4n) is 4.11. The van der Waals surface area contributed by atoms with Crippen LogP contribution in [0.25, 0.3) is 10.9 Å². The molecule has 1 amide bonds. The largest absolute Gasteiger partial charge is 0.497 e. The smallest absolute Gasteiger partial charge is 0.230 e. The molecule has 2 heterocycles. The Hall–Kier alpha value is -2.50. The zero-order valence-corrected chi connectivity index (χ0v) is 17.2. The van der Waals surface area contributed by atoms with Gasteiger partial charge in [-0.3, -0.25) is 4.79 Å². The molecular weight excluding hydrogens is 388 g/mol. The molecule has 0 spiro atoms. The Kier molecular flexibility index (Phi) is 5.79. The highest BCUT2D eigenvalue weighted by Gasteiger charge is 2.41. The van der Waals surface area contributed by atoms with E-state index in [-0.39, 0.29) is 5.91 Å². The molecule has 1 saturated heterocycles. The predicted octanol–water partition coefficient (Wildman–Crippen LogP) is 4.24. The first-order valence-corrected chi connectivity index (χ1v) is 10.3. The molecule has 0 radical (unpaired) electrons. The summed E-state index contributed by atoms with van der Waals surface area (Å²) in [5.41, 5.74) is 2.65. The Morgan fingerprint density at radius 3 is 2.69 bits per heavy atom. The number of nitrogens with one attached hydrogen (secondary N) is 2. The Labute approximate surface area is 175 Å². The van der Waals surface area contributed by atoms with E-state index in [0.717, 1.165) is 34.2 Å². The number of aromatic amines is 1. The standard InChI is InChI=1S/C23H25ClN2O3/c1-28-19-5-2-17(3-6-19)23(9-12-29-13-10-23)22(27)25-11-8-16-15-26-21-7-4-18(24)14-20(16)21/h2-7,14-15,26H,8-13H2,1H3,(H,25,27). The van der Waals surface area contributed by atoms with Crippen molar-refractivity contribution in [1.82, 2.24) is 10.3 Å². The molecule has 5 nitrogen and oxygen atoms in total. The Morgan fingerprint density at radius 1 is 1.21 bits per heavy atom. The molecule has 4 rings (SSSR count). The van der Waals surface area contributed by atoms with Gasteiger partial charge in [-0.2, -0.15) is 0 Å². The fourth-order valence-corrected chi connectivity index (χ4v) is 4.29. The van der Waals surface area contributed by atoms with Crippen molar-refractivity contribution < 1.29 is 14.3 Å². The summed E-state index contributed by atoms with van der Waals surface area (Å²) >= 11 is 6.14. The molecule has 0 atom stereocenters. The summed E-state index contributed by atoms with van der Waals surface area (Å²) in [7, 11) is 1.64. The van der Waals surface area contributed by atoms with Crippen molar-refractivity contribution in [3.05, 3.63) is 64.8 Å². The number of fused-ring (bicyclic) bond motifs is 1. The second kappa shape index (κ2) is 8.47. The van der Waals surface area contributed by atoms with Crippen LogP contribution in [-0.2, 0) is 21.4 Å². The zero-order valence-electron chi connectivity index (χ0n) is 16.5. The van der Waals surface area contributed by atoms with E-state index in [4.69, 9.17) is 21.1 Å². The van der Waals surface area contributed by atoms with E-state index in [1.54, 1.807) is 7.11 Å². The van der Waals surface area contributed by atoms with Crippen LogP contribution in [0.4, 0.5) is 0 Å². The highest BCUT2D eigenvalue weighted by atomic mass is 35.5. The van der Waals surface area contributed by atoms with Gasteiger partial charge in [-0.25, -0.2) is 0 Å². The quantitative estimate of drug-likeness (QED) is 0.636. The number of carbonyl (C=O) groups excluding carboxylic acids is 1. The number of hydrogen-bond donors (Lipinski definition) is 2. The summed E-state index contributed by atoms with van der Waals surface area (Å²) in [4.78, 5) is 16.6. The van der Waals surface area contributed by atoms with Gasteiger partial charge in [-0.15, -0.1) is 0 Å². The van der Waals surface area contributed by atoms with E-state index in [0.29, 0.717) is 37.6 Å². The third-order valence-electron chi connectivity index (χ3n) is 5.83. The number of amides is 1. The highest BCUT2D eigenvalue weighted by Crippen LogP contribution is 2.36. The van der Waals surface area contributed by atoms with E-state index in [9.17, 15) is 4.79 Å². The van der Waals surface area contributed by atoms with E-state index < -0.39 is 5.41 Å². The van der Waals surface area contributed by atoms with Gasteiger partial charge in [-0.1, -0.05) is 23.7 Å². The first-order valence-electron chi connectivity index (χ1n) is 9.88. The number of carbonyl (C=O) groups is 1. The normalized spacial score (nSPS) is 15.9. The minimum Gasteiger partial charge on any atom is -0.497 e. The van der Waals surface area contributed by atoms with E-state index in [2.05, 4.69) is 10.3 Å². The molecule has 1 aliphatic heterocycles. The number of halogens is 1. The molecular formula is C23H25ClN2O3. The van der Waals surface area contributed by atoms with Crippen LogP contribution >= 0.6 is 11.6 Å². The van der Waals surface area contributed by atoms with Crippen molar-refractivity contribution in [2.24, 2.45) is 0 Å². The first-order chi connectivity index (χ1) is 14.1. The summed E-state index contributed by atoms with van der Waals surface area (Å²) in [6.07, 6.45) is 4.07. The number of benzene rings is 2. The monoisotopic (exact) mass is 412 g/mol. The van der Waals surface area contributed by atoms with Crippen LogP contribution in [0.1, 0.15) is 24.0 Å². The van der Waals surface area contributed by atoms with Gasteiger partial charge < -0.3 is 19.8 Å². The van der Waals surface area contributed by atoms with Crippen molar-refractivity contribution in [1.29, 1.82) is 0 Å². The second-order valence-electron chi connectivity index (χ2n) is 7.43. The maximum absolute atomic E-state index is 13.3. The maximum Gasteiger partial charge on any atom is 0.230 e. The van der Waals surface area contributed by atoms with Crippen molar-refractivity contribution in [2.75, 3.05) is 26.9 Å². The fraction of sp³-hybridized carbons (Fsp3) is 0.348. The molecule has 1 aromatic heterocycles. The summed E-state index contributed by atoms with van der Waals surface area (Å²) in [6, 6.07) is 13.6. The second-order valence-corrected chi connectivity index (χ2v) is 7.87. The average molecular weight is 413 g/mol. The van der Waals surface area contributed by atoms with Gasteiger partial charge in [0.05, 0.1) is 12.5 Å². The van der Waals surface area contributed by atoms with Crippen LogP contribution in [0.2, 0.25) is 5.02 Å². The van der Waals surface area contributed by atoms with Gasteiger partial charge in [0.1, 0.15) is 5.75 Å². The summed E-state index contributed by atoms with van der Waals surface area (Å²) in [5, 5.41) is 4.98. The van der Waals surface area contributed by atoms with Crippen LogP contribution in [0, 0.1) is 0 Å². The van der Waals surface area contributed by atoms with Crippen LogP contribution in [0.3, 0.4) is 0 Å². The van der Waals surface area contributed by atoms with Gasteiger partial charge in [0.15, 0.2) is 0 Å². The third-order valence-corrected chi connectivity index (χ3v) is 6.07. The number of aromatic nitrogens is 1. The average Bonchev–Trinajstić information content (AvgIpc) is 3.16. The summed E-state index contributed by atoms with van der Waals surface area (Å²) < 4.78 is 10.8. The van der Waals surface area contributed by atoms with Crippen molar-refractivity contribution in [2.45, 2.75) is 24.7 Å². The molecule has 0 bridgehead atoms. The van der Waals surface area contributed by atoms with Gasteiger partial charge >= 0.3 is 0 Å². The first kappa shape index (κ1) is 19.8. The summed E-state index contributed by atoms with van der Waals surface area (Å²) in [6.45, 7) is 1.73. The molecule has 152 valence electrons. The molecule has 0 aliphatic carbocycles. The number of rotatable bonds is 6. The molecule has 1 fully saturated rings. The number of methoxy groups -OCH3 is 1. The Bertz CT molecular complexity index is 991. The molecule has 6 heteroatoms. The van der Waals surface area contributed by atoms with Gasteiger partial charge in [0, 0.05) is 41.9 Å². The van der Waals surface area contributed by atoms with Gasteiger partial charge in [-0.05, 0) is 60.7 Å². The molecule has 29 heavy (non-hydrogen) atoms. The lowest BCUT2D eigenvalue weighted by molar-refractivity contribution is -0.130. The van der Waals surface area contributed by atoms with Crippen LogP contribution in [-0.4, -0.2) is 37.8 Å². The van der Waals surface area contributed by atoms with E-state index in [1.807, 2.05) is 48.7 Å². The Morgan fingerprint density at radius 2 is 1.97 bits per heavy atom. The molecule has 3 aromatic rings. The lowest BCUT2D eigenvalue weighted by Gasteiger charge is -2.36. The molecule has 2 N–H and O–H groups in total. The molecule has 1 aliphatic rings. The van der Waals surface area contributed by atoms with Crippen LogP contribution < -0.4 is 10.1 Å². The van der Waals surface area contributed by atoms with Crippen molar-refractivity contribution >= 4 is 28.4 Å². The van der Waals surface area contributed by atoms with E-state index >= 15 is 0 Å². The number of hydrogen-bond acceptors (Lipinski definition) is 3. The minimum absolute atomic E-state index is 0.0591. The maximum atomic E-state index is 13.3. The molecule has 0 unspecified atom stereocenters.